The van der Waals surface area contributed by atoms with Gasteiger partial charge in [-0.15, -0.1) is 0 Å². The largest absolute Gasteiger partial charge is 0.497 e. The monoisotopic (exact) mass is 285 g/mol. The number of nitriles is 1. The van der Waals surface area contributed by atoms with E-state index >= 15 is 0 Å². The Bertz CT molecular complexity index is 554. The molecule has 0 spiro atoms. The Morgan fingerprint density at radius 1 is 1.43 bits per heavy atom. The smallest absolute Gasteiger partial charge is 0.263 e. The van der Waals surface area contributed by atoms with Crippen LogP contribution in [0.4, 0.5) is 0 Å². The zero-order chi connectivity index (χ0) is 15.1. The number of benzene rings is 1. The summed E-state index contributed by atoms with van der Waals surface area (Å²) in [5.41, 5.74) is 1.23. The van der Waals surface area contributed by atoms with Gasteiger partial charge < -0.3 is 15.4 Å². The van der Waals surface area contributed by atoms with E-state index in [0.717, 1.165) is 24.2 Å². The third kappa shape index (κ3) is 4.84. The van der Waals surface area contributed by atoms with Crippen molar-refractivity contribution in [3.05, 3.63) is 41.6 Å². The third-order valence-electron chi connectivity index (χ3n) is 3.26. The second-order valence-corrected chi connectivity index (χ2v) is 4.96. The Balaban J connectivity index is 1.76. The van der Waals surface area contributed by atoms with Crippen LogP contribution in [-0.2, 0) is 11.2 Å². The van der Waals surface area contributed by atoms with Crippen LogP contribution < -0.4 is 15.4 Å². The van der Waals surface area contributed by atoms with Crippen LogP contribution in [0, 0.1) is 11.3 Å². The molecule has 2 N–H and O–H groups in total. The van der Waals surface area contributed by atoms with Crippen molar-refractivity contribution in [2.75, 3.05) is 13.7 Å². The summed E-state index contributed by atoms with van der Waals surface area (Å²) in [5, 5.41) is 14.8. The molecule has 1 fully saturated rings. The minimum Gasteiger partial charge on any atom is -0.497 e. The third-order valence-corrected chi connectivity index (χ3v) is 3.26. The zero-order valence-electron chi connectivity index (χ0n) is 12.1. The summed E-state index contributed by atoms with van der Waals surface area (Å²) in [6.07, 6.45) is 4.44. The van der Waals surface area contributed by atoms with Crippen molar-refractivity contribution in [2.45, 2.75) is 25.3 Å². The quantitative estimate of drug-likeness (QED) is 0.588. The summed E-state index contributed by atoms with van der Waals surface area (Å²) in [4.78, 5) is 11.8. The summed E-state index contributed by atoms with van der Waals surface area (Å²) >= 11 is 0. The van der Waals surface area contributed by atoms with Gasteiger partial charge >= 0.3 is 0 Å². The van der Waals surface area contributed by atoms with Crippen LogP contribution in [0.2, 0.25) is 0 Å². The van der Waals surface area contributed by atoms with E-state index in [4.69, 9.17) is 10.00 Å². The van der Waals surface area contributed by atoms with Gasteiger partial charge in [0, 0.05) is 18.8 Å². The van der Waals surface area contributed by atoms with E-state index in [1.54, 1.807) is 7.11 Å². The molecule has 0 bridgehead atoms. The highest BCUT2D eigenvalue weighted by atomic mass is 16.5. The maximum atomic E-state index is 11.8. The van der Waals surface area contributed by atoms with E-state index in [0.29, 0.717) is 19.0 Å². The first-order valence-corrected chi connectivity index (χ1v) is 7.00. The molecule has 5 heteroatoms. The number of carbonyl (C=O) groups excluding carboxylic acids is 1. The van der Waals surface area contributed by atoms with Crippen molar-refractivity contribution in [3.8, 4) is 11.8 Å². The number of rotatable bonds is 7. The summed E-state index contributed by atoms with van der Waals surface area (Å²) < 4.78 is 5.09. The molecule has 1 aromatic carbocycles. The van der Waals surface area contributed by atoms with Crippen LogP contribution in [0.1, 0.15) is 18.4 Å². The highest BCUT2D eigenvalue weighted by Crippen LogP contribution is 2.18. The van der Waals surface area contributed by atoms with Gasteiger partial charge in [-0.3, -0.25) is 4.79 Å². The van der Waals surface area contributed by atoms with Crippen molar-refractivity contribution in [2.24, 2.45) is 0 Å². The van der Waals surface area contributed by atoms with Crippen molar-refractivity contribution in [1.29, 1.82) is 5.26 Å². The highest BCUT2D eigenvalue weighted by Gasteiger charge is 2.20. The van der Waals surface area contributed by atoms with Crippen LogP contribution in [0.15, 0.2) is 36.0 Å². The first-order chi connectivity index (χ1) is 10.2. The first-order valence-electron chi connectivity index (χ1n) is 7.00. The fourth-order valence-corrected chi connectivity index (χ4v) is 1.81. The van der Waals surface area contributed by atoms with E-state index < -0.39 is 0 Å². The molecule has 2 rings (SSSR count). The molecule has 110 valence electrons. The maximum Gasteiger partial charge on any atom is 0.263 e. The molecule has 21 heavy (non-hydrogen) atoms. The average molecular weight is 285 g/mol. The number of hydrogen-bond donors (Lipinski definition) is 2. The Labute approximate surface area is 124 Å². The van der Waals surface area contributed by atoms with E-state index in [-0.39, 0.29) is 11.5 Å². The predicted molar refractivity (Wildman–Crippen MR) is 79.6 cm³/mol. The second kappa shape index (κ2) is 7.34. The number of nitrogens with zero attached hydrogens (tertiary/aromatic N) is 1. The van der Waals surface area contributed by atoms with Gasteiger partial charge in [0.05, 0.1) is 7.11 Å². The molecule has 0 unspecified atom stereocenters. The van der Waals surface area contributed by atoms with Crippen LogP contribution in [-0.4, -0.2) is 25.6 Å². The second-order valence-electron chi connectivity index (χ2n) is 4.96. The Kier molecular flexibility index (Phi) is 5.22. The molecule has 1 aliphatic carbocycles. The van der Waals surface area contributed by atoms with Crippen LogP contribution >= 0.6 is 0 Å². The number of amides is 1. The standard InChI is InChI=1S/C16H19N3O2/c1-21-15-6-2-12(3-7-15)8-9-18-16(20)13(10-17)11-19-14-4-5-14/h2-3,6-7,11,14,19H,4-5,8-9H2,1H3,(H,18,20)/b13-11-. The number of ether oxygens (including phenoxy) is 1. The molecule has 0 heterocycles. The van der Waals surface area contributed by atoms with E-state index in [1.807, 2.05) is 30.3 Å². The average Bonchev–Trinajstić information content (AvgIpc) is 3.33. The lowest BCUT2D eigenvalue weighted by Crippen LogP contribution is -2.27. The molecule has 0 aromatic heterocycles. The Morgan fingerprint density at radius 2 is 2.14 bits per heavy atom. The molecular weight excluding hydrogens is 266 g/mol. The molecule has 1 aromatic rings. The predicted octanol–water partition coefficient (Wildman–Crippen LogP) is 1.51. The summed E-state index contributed by atoms with van der Waals surface area (Å²) in [7, 11) is 1.63. The van der Waals surface area contributed by atoms with Gasteiger partial charge in [-0.05, 0) is 37.0 Å². The van der Waals surface area contributed by atoms with Crippen molar-refractivity contribution in [3.63, 3.8) is 0 Å². The fraction of sp³-hybridized carbons (Fsp3) is 0.375. The number of methoxy groups -OCH3 is 1. The molecule has 5 nitrogen and oxygen atoms in total. The molecule has 1 amide bonds. The zero-order valence-corrected chi connectivity index (χ0v) is 12.1. The van der Waals surface area contributed by atoms with Crippen molar-refractivity contribution in [1.82, 2.24) is 10.6 Å². The molecule has 0 atom stereocenters. The number of carbonyl (C=O) groups is 1. The van der Waals surface area contributed by atoms with Crippen molar-refractivity contribution >= 4 is 5.91 Å². The summed E-state index contributed by atoms with van der Waals surface area (Å²) in [6, 6.07) is 10.0. The normalized spacial score (nSPS) is 14.2. The lowest BCUT2D eigenvalue weighted by molar-refractivity contribution is -0.117. The van der Waals surface area contributed by atoms with Crippen molar-refractivity contribution < 1.29 is 9.53 Å². The first kappa shape index (κ1) is 14.9. The Morgan fingerprint density at radius 3 is 2.71 bits per heavy atom. The minimum absolute atomic E-state index is 0.122. The number of hydrogen-bond acceptors (Lipinski definition) is 4. The molecule has 0 saturated heterocycles. The van der Waals surface area contributed by atoms with Gasteiger partial charge in [0.15, 0.2) is 0 Å². The van der Waals surface area contributed by atoms with E-state index in [1.165, 1.54) is 6.20 Å². The van der Waals surface area contributed by atoms with E-state index in [9.17, 15) is 4.79 Å². The lowest BCUT2D eigenvalue weighted by atomic mass is 10.1. The van der Waals surface area contributed by atoms with Gasteiger partial charge in [-0.1, -0.05) is 12.1 Å². The molecule has 1 saturated carbocycles. The summed E-state index contributed by atoms with van der Waals surface area (Å²) in [5.74, 6) is 0.475. The lowest BCUT2D eigenvalue weighted by Gasteiger charge is -2.06. The molecule has 0 aliphatic heterocycles. The Hall–Kier alpha value is -2.48. The SMILES string of the molecule is COc1ccc(CCNC(=O)/C(C#N)=C\NC2CC2)cc1. The van der Waals surface area contributed by atoms with E-state index in [2.05, 4.69) is 10.6 Å². The molecule has 0 radical (unpaired) electrons. The van der Waals surface area contributed by atoms with Gasteiger partial charge in [-0.2, -0.15) is 5.26 Å². The molecule has 1 aliphatic rings. The highest BCUT2D eigenvalue weighted by molar-refractivity contribution is 5.97. The van der Waals surface area contributed by atoms with Crippen LogP contribution in [0.5, 0.6) is 5.75 Å². The fourth-order valence-electron chi connectivity index (χ4n) is 1.81. The van der Waals surface area contributed by atoms with Gasteiger partial charge in [0.1, 0.15) is 17.4 Å². The van der Waals surface area contributed by atoms with Gasteiger partial charge in [0.25, 0.3) is 5.91 Å². The van der Waals surface area contributed by atoms with Gasteiger partial charge in [0.2, 0.25) is 0 Å². The topological polar surface area (TPSA) is 74.1 Å². The number of nitrogens with one attached hydrogen (secondary N) is 2. The maximum absolute atomic E-state index is 11.8. The minimum atomic E-state index is -0.334. The van der Waals surface area contributed by atoms with Crippen LogP contribution in [0.3, 0.4) is 0 Å². The molecular formula is C16H19N3O2. The summed E-state index contributed by atoms with van der Waals surface area (Å²) in [6.45, 7) is 0.494. The van der Waals surface area contributed by atoms with Gasteiger partial charge in [-0.25, -0.2) is 0 Å². The van der Waals surface area contributed by atoms with Crippen LogP contribution in [0.25, 0.3) is 0 Å².